The number of aldehydes is 1. The average molecular weight is 238 g/mol. The van der Waals surface area contributed by atoms with E-state index in [0.29, 0.717) is 0 Å². The second kappa shape index (κ2) is 5.75. The molecule has 0 amide bonds. The quantitative estimate of drug-likeness (QED) is 0.447. The van der Waals surface area contributed by atoms with Crippen LogP contribution in [0.1, 0.15) is 22.8 Å². The normalized spacial score (nSPS) is 9.12. The highest BCUT2D eigenvalue weighted by Crippen LogP contribution is 2.14. The van der Waals surface area contributed by atoms with Crippen molar-refractivity contribution in [1.29, 1.82) is 0 Å². The molecule has 0 aromatic heterocycles. The van der Waals surface area contributed by atoms with Crippen LogP contribution in [0, 0.1) is 23.5 Å². The lowest BCUT2D eigenvalue weighted by atomic mass is 10.1. The number of rotatable bonds is 2. The zero-order valence-electron chi connectivity index (χ0n) is 8.92. The minimum absolute atomic E-state index is 0.0558. The van der Waals surface area contributed by atoms with Gasteiger partial charge in [0.15, 0.2) is 12.1 Å². The van der Waals surface area contributed by atoms with Crippen molar-refractivity contribution >= 4 is 12.3 Å². The molecule has 0 heterocycles. The Bertz CT molecular complexity index is 512. The molecule has 17 heavy (non-hydrogen) atoms. The van der Waals surface area contributed by atoms with Crippen LogP contribution in [-0.4, -0.2) is 18.9 Å². The maximum atomic E-state index is 13.4. The van der Waals surface area contributed by atoms with Crippen LogP contribution in [0.5, 0.6) is 0 Å². The molecule has 0 saturated heterocycles. The highest BCUT2D eigenvalue weighted by Gasteiger charge is 2.11. The van der Waals surface area contributed by atoms with Crippen LogP contribution < -0.4 is 0 Å². The lowest BCUT2D eigenvalue weighted by Crippen LogP contribution is -2.01. The summed E-state index contributed by atoms with van der Waals surface area (Å²) in [7, 11) is 0. The first-order chi connectivity index (χ1) is 8.10. The average Bonchev–Trinajstić information content (AvgIpc) is 2.29. The van der Waals surface area contributed by atoms with E-state index in [1.165, 1.54) is 0 Å². The molecule has 0 atom stereocenters. The molecule has 5 heteroatoms. The van der Waals surface area contributed by atoms with E-state index >= 15 is 0 Å². The van der Waals surface area contributed by atoms with Gasteiger partial charge in [-0.05, 0) is 19.1 Å². The summed E-state index contributed by atoms with van der Waals surface area (Å²) in [6.45, 7) is 1.75. The van der Waals surface area contributed by atoms with E-state index in [0.717, 1.165) is 12.1 Å². The standard InChI is InChI=1S/C12H8F2O3/c1-2-17-11(16)6-4-8-3-5-10(13)9(7-15)12(8)14/h3,5,7H,2H2,1H3. The van der Waals surface area contributed by atoms with Gasteiger partial charge in [-0.15, -0.1) is 0 Å². The first-order valence-corrected chi connectivity index (χ1v) is 4.72. The van der Waals surface area contributed by atoms with E-state index in [1.807, 2.05) is 5.92 Å². The van der Waals surface area contributed by atoms with Gasteiger partial charge in [0.2, 0.25) is 0 Å². The molecule has 0 bridgehead atoms. The molecule has 0 aliphatic carbocycles. The summed E-state index contributed by atoms with van der Waals surface area (Å²) in [6, 6.07) is 1.95. The number of benzene rings is 1. The maximum absolute atomic E-state index is 13.4. The third-order valence-corrected chi connectivity index (χ3v) is 1.82. The highest BCUT2D eigenvalue weighted by atomic mass is 19.1. The van der Waals surface area contributed by atoms with Crippen molar-refractivity contribution < 1.29 is 23.1 Å². The van der Waals surface area contributed by atoms with Crippen LogP contribution in [0.3, 0.4) is 0 Å². The fourth-order valence-corrected chi connectivity index (χ4v) is 1.06. The van der Waals surface area contributed by atoms with Gasteiger partial charge in [0.25, 0.3) is 0 Å². The summed E-state index contributed by atoms with van der Waals surface area (Å²) in [5.41, 5.74) is -0.942. The van der Waals surface area contributed by atoms with Crippen molar-refractivity contribution in [3.63, 3.8) is 0 Å². The van der Waals surface area contributed by atoms with Gasteiger partial charge in [-0.25, -0.2) is 13.6 Å². The van der Waals surface area contributed by atoms with E-state index in [9.17, 15) is 18.4 Å². The van der Waals surface area contributed by atoms with Crippen LogP contribution in [0.25, 0.3) is 0 Å². The monoisotopic (exact) mass is 238 g/mol. The van der Waals surface area contributed by atoms with Gasteiger partial charge in [0, 0.05) is 5.92 Å². The molecule has 88 valence electrons. The Kier molecular flexibility index (Phi) is 4.35. The Morgan fingerprint density at radius 2 is 2.18 bits per heavy atom. The van der Waals surface area contributed by atoms with E-state index in [2.05, 4.69) is 10.7 Å². The Balaban J connectivity index is 3.08. The van der Waals surface area contributed by atoms with E-state index in [-0.39, 0.29) is 18.5 Å². The number of esters is 1. The summed E-state index contributed by atoms with van der Waals surface area (Å²) >= 11 is 0. The molecule has 0 aliphatic rings. The first-order valence-electron chi connectivity index (χ1n) is 4.72. The lowest BCUT2D eigenvalue weighted by Gasteiger charge is -1.99. The van der Waals surface area contributed by atoms with Crippen LogP contribution >= 0.6 is 0 Å². The molecule has 1 rings (SSSR count). The van der Waals surface area contributed by atoms with Crippen molar-refractivity contribution in [2.24, 2.45) is 0 Å². The fourth-order valence-electron chi connectivity index (χ4n) is 1.06. The number of halogens is 2. The molecule has 3 nitrogen and oxygen atoms in total. The number of carbonyl (C=O) groups excluding carboxylic acids is 2. The number of hydrogen-bond acceptors (Lipinski definition) is 3. The molecule has 0 fully saturated rings. The second-order valence-electron chi connectivity index (χ2n) is 2.91. The van der Waals surface area contributed by atoms with Crippen LogP contribution in [0.15, 0.2) is 12.1 Å². The van der Waals surface area contributed by atoms with Crippen LogP contribution in [0.4, 0.5) is 8.78 Å². The number of ether oxygens (including phenoxy) is 1. The summed E-state index contributed by atoms with van der Waals surface area (Å²) in [4.78, 5) is 21.3. The number of hydrogen-bond donors (Lipinski definition) is 0. The SMILES string of the molecule is CCOC(=O)C#Cc1ccc(F)c(C=O)c1F. The first kappa shape index (κ1) is 12.8. The van der Waals surface area contributed by atoms with Gasteiger partial charge < -0.3 is 4.74 Å². The Morgan fingerprint density at radius 3 is 2.76 bits per heavy atom. The highest BCUT2D eigenvalue weighted by molar-refractivity contribution is 5.89. The van der Waals surface area contributed by atoms with Crippen molar-refractivity contribution in [2.75, 3.05) is 6.61 Å². The zero-order valence-corrected chi connectivity index (χ0v) is 8.92. The van der Waals surface area contributed by atoms with Crippen molar-refractivity contribution in [3.8, 4) is 11.8 Å². The summed E-state index contributed by atoms with van der Waals surface area (Å²) in [5, 5.41) is 0. The number of carbonyl (C=O) groups is 2. The lowest BCUT2D eigenvalue weighted by molar-refractivity contribution is -0.136. The molecule has 0 N–H and O–H groups in total. The maximum Gasteiger partial charge on any atom is 0.384 e. The molecule has 1 aromatic carbocycles. The third-order valence-electron chi connectivity index (χ3n) is 1.82. The van der Waals surface area contributed by atoms with E-state index in [1.54, 1.807) is 6.92 Å². The van der Waals surface area contributed by atoms with Crippen LogP contribution in [0.2, 0.25) is 0 Å². The minimum atomic E-state index is -1.09. The van der Waals surface area contributed by atoms with E-state index in [4.69, 9.17) is 0 Å². The molecule has 0 spiro atoms. The van der Waals surface area contributed by atoms with Gasteiger partial charge in [-0.3, -0.25) is 4.79 Å². The summed E-state index contributed by atoms with van der Waals surface area (Å²) in [5.74, 6) is 1.32. The van der Waals surface area contributed by atoms with Gasteiger partial charge in [0.1, 0.15) is 5.82 Å². The molecular formula is C12H8F2O3. The van der Waals surface area contributed by atoms with Crippen molar-refractivity contribution in [3.05, 3.63) is 34.9 Å². The molecule has 0 aliphatic heterocycles. The van der Waals surface area contributed by atoms with Crippen molar-refractivity contribution in [2.45, 2.75) is 6.92 Å². The zero-order chi connectivity index (χ0) is 12.8. The predicted molar refractivity (Wildman–Crippen MR) is 55.3 cm³/mol. The minimum Gasteiger partial charge on any atom is -0.456 e. The Morgan fingerprint density at radius 1 is 1.47 bits per heavy atom. The van der Waals surface area contributed by atoms with Gasteiger partial charge in [-0.2, -0.15) is 0 Å². The molecule has 1 aromatic rings. The third kappa shape index (κ3) is 3.11. The summed E-state index contributed by atoms with van der Waals surface area (Å²) < 4.78 is 30.9. The molecular weight excluding hydrogens is 230 g/mol. The van der Waals surface area contributed by atoms with Gasteiger partial charge in [-0.1, -0.05) is 5.92 Å². The Labute approximate surface area is 96.4 Å². The molecule has 0 radical (unpaired) electrons. The van der Waals surface area contributed by atoms with Gasteiger partial charge >= 0.3 is 5.97 Å². The molecule has 0 unspecified atom stereocenters. The summed E-state index contributed by atoms with van der Waals surface area (Å²) in [6.07, 6.45) is 0.0558. The largest absolute Gasteiger partial charge is 0.456 e. The van der Waals surface area contributed by atoms with E-state index < -0.39 is 23.2 Å². The predicted octanol–water partition coefficient (Wildman–Crippen LogP) is 1.69. The Hall–Kier alpha value is -2.22. The second-order valence-corrected chi connectivity index (χ2v) is 2.91. The molecule has 0 saturated carbocycles. The van der Waals surface area contributed by atoms with Crippen molar-refractivity contribution in [1.82, 2.24) is 0 Å². The van der Waals surface area contributed by atoms with Crippen LogP contribution in [-0.2, 0) is 9.53 Å². The fraction of sp³-hybridized carbons (Fsp3) is 0.167. The smallest absolute Gasteiger partial charge is 0.384 e. The van der Waals surface area contributed by atoms with Gasteiger partial charge in [0.05, 0.1) is 17.7 Å². The topological polar surface area (TPSA) is 43.4 Å².